The lowest BCUT2D eigenvalue weighted by Gasteiger charge is -2.17. The van der Waals surface area contributed by atoms with Gasteiger partial charge < -0.3 is 14.8 Å². The van der Waals surface area contributed by atoms with Gasteiger partial charge >= 0.3 is 5.97 Å². The molecule has 1 heterocycles. The number of halogens is 3. The summed E-state index contributed by atoms with van der Waals surface area (Å²) in [4.78, 5) is 43.6. The number of amidine groups is 1. The zero-order valence-corrected chi connectivity index (χ0v) is 23.1. The molecule has 0 unspecified atom stereocenters. The maximum atomic E-state index is 13.4. The molecule has 3 aromatic rings. The van der Waals surface area contributed by atoms with Gasteiger partial charge in [-0.25, -0.2) is 9.38 Å². The van der Waals surface area contributed by atoms with Crippen LogP contribution in [0.2, 0.25) is 10.0 Å². The summed E-state index contributed by atoms with van der Waals surface area (Å²) < 4.78 is 23.6. The molecule has 0 spiro atoms. The maximum Gasteiger partial charge on any atom is 0.308 e. The van der Waals surface area contributed by atoms with Gasteiger partial charge in [-0.3, -0.25) is 19.3 Å². The average Bonchev–Trinajstić information content (AvgIpc) is 3.16. The van der Waals surface area contributed by atoms with Gasteiger partial charge in [0, 0.05) is 19.0 Å². The van der Waals surface area contributed by atoms with Crippen LogP contribution in [0.4, 0.5) is 15.8 Å². The first-order valence-electron chi connectivity index (χ1n) is 11.6. The number of aliphatic imine (C=N–C) groups is 1. The monoisotopic (exact) mass is 589 g/mol. The first-order chi connectivity index (χ1) is 18.6. The first-order valence-corrected chi connectivity index (χ1v) is 13.2. The summed E-state index contributed by atoms with van der Waals surface area (Å²) in [5.74, 6) is -1.09. The van der Waals surface area contributed by atoms with E-state index in [2.05, 4.69) is 10.3 Å². The number of methoxy groups -OCH3 is 1. The minimum Gasteiger partial charge on any atom is -0.497 e. The topological polar surface area (TPSA) is 97.3 Å². The first kappa shape index (κ1) is 28.4. The molecule has 8 nitrogen and oxygen atoms in total. The van der Waals surface area contributed by atoms with E-state index in [0.717, 1.165) is 17.3 Å². The van der Waals surface area contributed by atoms with Crippen LogP contribution in [0.25, 0.3) is 0 Å². The van der Waals surface area contributed by atoms with Gasteiger partial charge in [-0.15, -0.1) is 0 Å². The van der Waals surface area contributed by atoms with Gasteiger partial charge in [0.15, 0.2) is 10.9 Å². The van der Waals surface area contributed by atoms with Crippen LogP contribution in [0.1, 0.15) is 18.9 Å². The van der Waals surface area contributed by atoms with Gasteiger partial charge in [0.05, 0.1) is 29.4 Å². The van der Waals surface area contributed by atoms with Crippen molar-refractivity contribution in [1.82, 2.24) is 4.90 Å². The molecule has 3 aromatic carbocycles. The summed E-state index contributed by atoms with van der Waals surface area (Å²) in [6.45, 7) is 1.43. The molecule has 0 saturated carbocycles. The van der Waals surface area contributed by atoms with Crippen molar-refractivity contribution >= 4 is 69.3 Å². The van der Waals surface area contributed by atoms with Crippen molar-refractivity contribution in [3.8, 4) is 11.5 Å². The zero-order chi connectivity index (χ0) is 28.1. The van der Waals surface area contributed by atoms with Crippen molar-refractivity contribution in [3.63, 3.8) is 0 Å². The molecule has 1 aliphatic heterocycles. The summed E-state index contributed by atoms with van der Waals surface area (Å²) in [6.07, 6.45) is -0.161. The van der Waals surface area contributed by atoms with Crippen LogP contribution in [0, 0.1) is 5.82 Å². The Morgan fingerprint density at radius 1 is 1.08 bits per heavy atom. The number of amides is 2. The fraction of sp³-hybridized carbons (Fsp3) is 0.185. The second-order valence-electron chi connectivity index (χ2n) is 8.36. The summed E-state index contributed by atoms with van der Waals surface area (Å²) in [5.41, 5.74) is 1.57. The van der Waals surface area contributed by atoms with E-state index >= 15 is 0 Å². The lowest BCUT2D eigenvalue weighted by atomic mass is 10.2. The van der Waals surface area contributed by atoms with Gasteiger partial charge in [0.1, 0.15) is 16.8 Å². The van der Waals surface area contributed by atoms with Crippen LogP contribution in [0.5, 0.6) is 11.5 Å². The van der Waals surface area contributed by atoms with Gasteiger partial charge in [-0.1, -0.05) is 47.1 Å². The Balaban J connectivity index is 1.52. The molecule has 1 atom stereocenters. The van der Waals surface area contributed by atoms with Crippen LogP contribution in [0.3, 0.4) is 0 Å². The molecule has 12 heteroatoms. The molecular formula is C27H22Cl2FN3O5S. The Kier molecular flexibility index (Phi) is 9.11. The number of benzene rings is 3. The lowest BCUT2D eigenvalue weighted by Crippen LogP contribution is -2.33. The number of nitrogens with one attached hydrogen (secondary N) is 1. The second-order valence-corrected chi connectivity index (χ2v) is 10.3. The lowest BCUT2D eigenvalue weighted by molar-refractivity contribution is -0.132. The minimum atomic E-state index is -0.756. The standard InChI is InChI=1S/C27H22Cl2FN3O5S/c1-15(34)38-25-21(28)11-19(12-22(25)29)31-24(35)13-23-26(36)33(14-16-3-9-20(37-2)10-4-16)27(39-23)32-18-7-5-17(30)6-8-18/h3-12,23H,13-14H2,1-2H3,(H,31,35)/t23-/m0/s1. The normalized spacial score (nSPS) is 15.9. The summed E-state index contributed by atoms with van der Waals surface area (Å²) in [6, 6.07) is 15.6. The Morgan fingerprint density at radius 2 is 1.72 bits per heavy atom. The van der Waals surface area contributed by atoms with Gasteiger partial charge in [-0.05, 0) is 54.1 Å². The highest BCUT2D eigenvalue weighted by atomic mass is 35.5. The number of rotatable bonds is 8. The number of ether oxygens (including phenoxy) is 2. The molecular weight excluding hydrogens is 568 g/mol. The molecule has 0 aromatic heterocycles. The highest BCUT2D eigenvalue weighted by Gasteiger charge is 2.39. The van der Waals surface area contributed by atoms with E-state index < -0.39 is 22.9 Å². The van der Waals surface area contributed by atoms with E-state index in [9.17, 15) is 18.8 Å². The second kappa shape index (κ2) is 12.5. The van der Waals surface area contributed by atoms with Crippen LogP contribution >= 0.6 is 35.0 Å². The number of nitrogens with zero attached hydrogens (tertiary/aromatic N) is 2. The predicted octanol–water partition coefficient (Wildman–Crippen LogP) is 6.23. The molecule has 0 bridgehead atoms. The Bertz CT molecular complexity index is 1410. The van der Waals surface area contributed by atoms with Crippen molar-refractivity contribution in [2.24, 2.45) is 4.99 Å². The van der Waals surface area contributed by atoms with Crippen LogP contribution in [-0.4, -0.2) is 40.2 Å². The number of carbonyl (C=O) groups is 3. The number of anilines is 1. The molecule has 1 N–H and O–H groups in total. The third-order valence-corrected chi connectivity index (χ3v) is 7.21. The van der Waals surface area contributed by atoms with Crippen LogP contribution in [0.15, 0.2) is 65.7 Å². The van der Waals surface area contributed by atoms with Gasteiger partial charge in [-0.2, -0.15) is 0 Å². The van der Waals surface area contributed by atoms with E-state index in [0.29, 0.717) is 16.6 Å². The van der Waals surface area contributed by atoms with E-state index in [1.165, 1.54) is 48.2 Å². The van der Waals surface area contributed by atoms with Crippen LogP contribution < -0.4 is 14.8 Å². The van der Waals surface area contributed by atoms with E-state index in [1.54, 1.807) is 19.2 Å². The Hall–Kier alpha value is -3.60. The average molecular weight is 590 g/mol. The van der Waals surface area contributed by atoms with Gasteiger partial charge in [0.25, 0.3) is 0 Å². The van der Waals surface area contributed by atoms with Crippen molar-refractivity contribution in [3.05, 3.63) is 82.1 Å². The third kappa shape index (κ3) is 7.29. The molecule has 39 heavy (non-hydrogen) atoms. The van der Waals surface area contributed by atoms with Gasteiger partial charge in [0.2, 0.25) is 11.8 Å². The Morgan fingerprint density at radius 3 is 2.31 bits per heavy atom. The zero-order valence-electron chi connectivity index (χ0n) is 20.7. The van der Waals surface area contributed by atoms with E-state index in [1.807, 2.05) is 12.1 Å². The third-order valence-electron chi connectivity index (χ3n) is 5.47. The summed E-state index contributed by atoms with van der Waals surface area (Å²) in [7, 11) is 1.56. The van der Waals surface area contributed by atoms with Crippen molar-refractivity contribution in [2.45, 2.75) is 25.1 Å². The molecule has 0 radical (unpaired) electrons. The molecule has 0 aliphatic carbocycles. The smallest absolute Gasteiger partial charge is 0.308 e. The summed E-state index contributed by atoms with van der Waals surface area (Å²) in [5, 5.41) is 2.38. The largest absolute Gasteiger partial charge is 0.497 e. The number of hydrogen-bond donors (Lipinski definition) is 1. The van der Waals surface area contributed by atoms with E-state index in [4.69, 9.17) is 32.7 Å². The summed E-state index contributed by atoms with van der Waals surface area (Å²) >= 11 is 13.4. The molecule has 1 fully saturated rings. The highest BCUT2D eigenvalue weighted by Crippen LogP contribution is 2.37. The number of hydrogen-bond acceptors (Lipinski definition) is 7. The molecule has 1 aliphatic rings. The maximum absolute atomic E-state index is 13.4. The minimum absolute atomic E-state index is 0.0128. The Labute approximate surface area is 238 Å². The highest BCUT2D eigenvalue weighted by molar-refractivity contribution is 8.15. The molecule has 1 saturated heterocycles. The molecule has 2 amide bonds. The van der Waals surface area contributed by atoms with Crippen molar-refractivity contribution in [2.75, 3.05) is 12.4 Å². The predicted molar refractivity (Wildman–Crippen MR) is 149 cm³/mol. The number of carbonyl (C=O) groups excluding carboxylic acids is 3. The molecule has 4 rings (SSSR count). The quantitative estimate of drug-likeness (QED) is 0.247. The SMILES string of the molecule is COc1ccc(CN2C(=O)[C@H](CC(=O)Nc3cc(Cl)c(OC(C)=O)c(Cl)c3)SC2=Nc2ccc(F)cc2)cc1. The fourth-order valence-electron chi connectivity index (χ4n) is 3.66. The van der Waals surface area contributed by atoms with Crippen LogP contribution in [-0.2, 0) is 20.9 Å². The molecule has 202 valence electrons. The number of thioether (sulfide) groups is 1. The van der Waals surface area contributed by atoms with E-state index in [-0.39, 0.29) is 40.4 Å². The fourth-order valence-corrected chi connectivity index (χ4v) is 5.39. The number of esters is 1. The van der Waals surface area contributed by atoms with Crippen molar-refractivity contribution < 1.29 is 28.2 Å². The van der Waals surface area contributed by atoms with Crippen molar-refractivity contribution in [1.29, 1.82) is 0 Å².